The smallest absolute Gasteiger partial charge is 0.237 e. The first-order valence-electron chi connectivity index (χ1n) is 11.7. The van der Waals surface area contributed by atoms with Gasteiger partial charge in [-0.3, -0.25) is 9.69 Å². The standard InChI is InChI=1S/C27H26F2N4O2S/c1-35-20-6-8-21(9-7-20)36-22-13-25(33(17-22)15-18-5-10-23(28)24(29)12-18)27(34)30-14-19-16-32-11-3-2-4-26(32)31-19/h2-12,16,22,25H,13-15,17H2,1H3,(H,30,34)/t22-,25+/m1/s1. The van der Waals surface area contributed by atoms with Crippen molar-refractivity contribution in [1.29, 1.82) is 0 Å². The second-order valence-electron chi connectivity index (χ2n) is 8.76. The summed E-state index contributed by atoms with van der Waals surface area (Å²) in [5.74, 6) is -1.08. The Labute approximate surface area is 212 Å². The maximum atomic E-state index is 13.8. The maximum absolute atomic E-state index is 13.8. The number of halogens is 2. The third-order valence-electron chi connectivity index (χ3n) is 6.26. The summed E-state index contributed by atoms with van der Waals surface area (Å²) in [6, 6.07) is 17.1. The highest BCUT2D eigenvalue weighted by molar-refractivity contribution is 8.00. The number of hydrogen-bond donors (Lipinski definition) is 1. The maximum Gasteiger partial charge on any atom is 0.237 e. The summed E-state index contributed by atoms with van der Waals surface area (Å²) < 4.78 is 34.4. The number of rotatable bonds is 8. The molecule has 1 aliphatic rings. The predicted octanol–water partition coefficient (Wildman–Crippen LogP) is 4.67. The highest BCUT2D eigenvalue weighted by Gasteiger charge is 2.37. The summed E-state index contributed by atoms with van der Waals surface area (Å²) in [4.78, 5) is 21.0. The summed E-state index contributed by atoms with van der Waals surface area (Å²) in [7, 11) is 1.63. The molecule has 1 amide bonds. The third kappa shape index (κ3) is 5.52. The molecule has 1 N–H and O–H groups in total. The van der Waals surface area contributed by atoms with Crippen molar-refractivity contribution in [1.82, 2.24) is 19.6 Å². The number of fused-ring (bicyclic) bond motifs is 1. The highest BCUT2D eigenvalue weighted by atomic mass is 32.2. The number of aromatic nitrogens is 2. The lowest BCUT2D eigenvalue weighted by atomic mass is 10.1. The molecule has 0 saturated carbocycles. The number of likely N-dealkylation sites (tertiary alicyclic amines) is 1. The molecule has 0 aliphatic carbocycles. The average Bonchev–Trinajstić information content (AvgIpc) is 3.49. The Morgan fingerprint density at radius 3 is 2.72 bits per heavy atom. The number of methoxy groups -OCH3 is 1. The van der Waals surface area contributed by atoms with Gasteiger partial charge in [0, 0.05) is 35.6 Å². The number of carbonyl (C=O) groups excluding carboxylic acids is 1. The van der Waals surface area contributed by atoms with Crippen molar-refractivity contribution >= 4 is 23.3 Å². The summed E-state index contributed by atoms with van der Waals surface area (Å²) in [6.45, 7) is 1.30. The Hall–Kier alpha value is -3.43. The van der Waals surface area contributed by atoms with Crippen molar-refractivity contribution in [3.8, 4) is 5.75 Å². The molecule has 36 heavy (non-hydrogen) atoms. The van der Waals surface area contributed by atoms with E-state index in [4.69, 9.17) is 4.74 Å². The van der Waals surface area contributed by atoms with Crippen LogP contribution in [0.1, 0.15) is 17.7 Å². The summed E-state index contributed by atoms with van der Waals surface area (Å²) in [6.07, 6.45) is 4.44. The van der Waals surface area contributed by atoms with Crippen LogP contribution in [0.15, 0.2) is 78.0 Å². The Kier molecular flexibility index (Phi) is 7.20. The van der Waals surface area contributed by atoms with E-state index in [1.165, 1.54) is 6.07 Å². The molecule has 186 valence electrons. The van der Waals surface area contributed by atoms with Gasteiger partial charge < -0.3 is 14.5 Å². The van der Waals surface area contributed by atoms with Crippen molar-refractivity contribution in [2.75, 3.05) is 13.7 Å². The van der Waals surface area contributed by atoms with Gasteiger partial charge in [0.25, 0.3) is 0 Å². The van der Waals surface area contributed by atoms with Crippen molar-refractivity contribution < 1.29 is 18.3 Å². The molecule has 0 bridgehead atoms. The van der Waals surface area contributed by atoms with Crippen LogP contribution < -0.4 is 10.1 Å². The zero-order chi connectivity index (χ0) is 25.1. The Balaban J connectivity index is 1.29. The van der Waals surface area contributed by atoms with Gasteiger partial charge in [-0.1, -0.05) is 12.1 Å². The van der Waals surface area contributed by atoms with E-state index < -0.39 is 17.7 Å². The second-order valence-corrected chi connectivity index (χ2v) is 10.1. The molecular formula is C27H26F2N4O2S. The van der Waals surface area contributed by atoms with Gasteiger partial charge in [-0.2, -0.15) is 0 Å². The van der Waals surface area contributed by atoms with Gasteiger partial charge in [0.05, 0.1) is 25.4 Å². The van der Waals surface area contributed by atoms with Gasteiger partial charge in [0.2, 0.25) is 5.91 Å². The molecule has 1 saturated heterocycles. The predicted molar refractivity (Wildman–Crippen MR) is 135 cm³/mol. The van der Waals surface area contributed by atoms with E-state index in [2.05, 4.69) is 10.3 Å². The van der Waals surface area contributed by atoms with E-state index in [0.29, 0.717) is 31.6 Å². The third-order valence-corrected chi connectivity index (χ3v) is 7.48. The highest BCUT2D eigenvalue weighted by Crippen LogP contribution is 2.34. The lowest BCUT2D eigenvalue weighted by Crippen LogP contribution is -2.42. The van der Waals surface area contributed by atoms with Gasteiger partial charge in [0.15, 0.2) is 11.6 Å². The number of amides is 1. The zero-order valence-electron chi connectivity index (χ0n) is 19.7. The molecule has 0 unspecified atom stereocenters. The van der Waals surface area contributed by atoms with Crippen LogP contribution in [0, 0.1) is 11.6 Å². The summed E-state index contributed by atoms with van der Waals surface area (Å²) in [5, 5.41) is 3.18. The zero-order valence-corrected chi connectivity index (χ0v) is 20.6. The first-order valence-corrected chi connectivity index (χ1v) is 12.6. The topological polar surface area (TPSA) is 58.9 Å². The van der Waals surface area contributed by atoms with Crippen molar-refractivity contribution in [3.63, 3.8) is 0 Å². The Bertz CT molecular complexity index is 1330. The number of hydrogen-bond acceptors (Lipinski definition) is 5. The van der Waals surface area contributed by atoms with Crippen LogP contribution in [0.2, 0.25) is 0 Å². The number of benzene rings is 2. The molecule has 1 aliphatic heterocycles. The fraction of sp³-hybridized carbons (Fsp3) is 0.259. The average molecular weight is 509 g/mol. The molecule has 2 aromatic heterocycles. The number of ether oxygens (including phenoxy) is 1. The van der Waals surface area contributed by atoms with Crippen LogP contribution in [-0.2, 0) is 17.9 Å². The van der Waals surface area contributed by atoms with Crippen LogP contribution in [0.5, 0.6) is 5.75 Å². The van der Waals surface area contributed by atoms with Crippen LogP contribution in [0.4, 0.5) is 8.78 Å². The normalized spacial score (nSPS) is 18.0. The van der Waals surface area contributed by atoms with Crippen LogP contribution in [-0.4, -0.2) is 45.1 Å². The van der Waals surface area contributed by atoms with Gasteiger partial charge in [-0.05, 0) is 60.5 Å². The number of pyridine rings is 1. The summed E-state index contributed by atoms with van der Waals surface area (Å²) in [5.41, 5.74) is 2.21. The summed E-state index contributed by atoms with van der Waals surface area (Å²) >= 11 is 1.70. The molecule has 5 rings (SSSR count). The minimum absolute atomic E-state index is 0.104. The number of nitrogens with one attached hydrogen (secondary N) is 1. The van der Waals surface area contributed by atoms with Crippen LogP contribution >= 0.6 is 11.8 Å². The molecule has 2 aromatic carbocycles. The van der Waals surface area contributed by atoms with Crippen LogP contribution in [0.25, 0.3) is 5.65 Å². The van der Waals surface area contributed by atoms with Gasteiger partial charge in [-0.15, -0.1) is 11.8 Å². The minimum atomic E-state index is -0.885. The lowest BCUT2D eigenvalue weighted by molar-refractivity contribution is -0.125. The van der Waals surface area contributed by atoms with E-state index in [0.717, 1.165) is 28.1 Å². The van der Waals surface area contributed by atoms with E-state index >= 15 is 0 Å². The molecule has 4 aromatic rings. The Morgan fingerprint density at radius 1 is 1.14 bits per heavy atom. The Morgan fingerprint density at radius 2 is 1.97 bits per heavy atom. The van der Waals surface area contributed by atoms with Gasteiger partial charge in [-0.25, -0.2) is 13.8 Å². The molecule has 0 radical (unpaired) electrons. The molecule has 6 nitrogen and oxygen atoms in total. The van der Waals surface area contributed by atoms with E-state index in [9.17, 15) is 13.6 Å². The first-order chi connectivity index (χ1) is 17.5. The molecule has 0 spiro atoms. The van der Waals surface area contributed by atoms with E-state index in [1.807, 2.05) is 64.2 Å². The van der Waals surface area contributed by atoms with Crippen molar-refractivity contribution in [2.45, 2.75) is 35.7 Å². The fourth-order valence-corrected chi connectivity index (χ4v) is 5.70. The number of thioether (sulfide) groups is 1. The van der Waals surface area contributed by atoms with Gasteiger partial charge in [0.1, 0.15) is 11.4 Å². The number of nitrogens with zero attached hydrogens (tertiary/aromatic N) is 3. The molecule has 2 atom stereocenters. The monoisotopic (exact) mass is 508 g/mol. The van der Waals surface area contributed by atoms with E-state index in [1.54, 1.807) is 24.9 Å². The molecular weight excluding hydrogens is 482 g/mol. The van der Waals surface area contributed by atoms with Crippen molar-refractivity contribution in [3.05, 3.63) is 95.9 Å². The van der Waals surface area contributed by atoms with Crippen LogP contribution in [0.3, 0.4) is 0 Å². The second kappa shape index (κ2) is 10.7. The number of imidazole rings is 1. The first kappa shape index (κ1) is 24.3. The largest absolute Gasteiger partial charge is 0.497 e. The fourth-order valence-electron chi connectivity index (χ4n) is 4.48. The van der Waals surface area contributed by atoms with Crippen molar-refractivity contribution in [2.24, 2.45) is 0 Å². The van der Waals surface area contributed by atoms with Gasteiger partial charge >= 0.3 is 0 Å². The molecule has 9 heteroatoms. The minimum Gasteiger partial charge on any atom is -0.497 e. The quantitative estimate of drug-likeness (QED) is 0.375. The van der Waals surface area contributed by atoms with E-state index in [-0.39, 0.29) is 11.2 Å². The molecule has 3 heterocycles. The SMILES string of the molecule is COc1ccc(S[C@@H]2C[C@@H](C(=O)NCc3cn4ccccc4n3)N(Cc3ccc(F)c(F)c3)C2)cc1. The number of carbonyl (C=O) groups is 1. The lowest BCUT2D eigenvalue weighted by Gasteiger charge is -2.23. The molecule has 1 fully saturated rings.